The number of quaternary nitrogens is 2. The van der Waals surface area contributed by atoms with Gasteiger partial charge in [0.1, 0.15) is 17.8 Å². The van der Waals surface area contributed by atoms with Gasteiger partial charge in [0.15, 0.2) is 34.5 Å². The van der Waals surface area contributed by atoms with Crippen molar-refractivity contribution >= 4 is 11.9 Å². The van der Waals surface area contributed by atoms with E-state index < -0.39 is 11.9 Å². The Balaban J connectivity index is 1.07. The van der Waals surface area contributed by atoms with Gasteiger partial charge in [0.05, 0.1) is 148 Å². The van der Waals surface area contributed by atoms with Crippen LogP contribution in [0.4, 0.5) is 0 Å². The molecule has 0 amide bonds. The van der Waals surface area contributed by atoms with Gasteiger partial charge in [0, 0.05) is 59.9 Å². The van der Waals surface area contributed by atoms with Crippen LogP contribution in [0.5, 0.6) is 40.2 Å². The Morgan fingerprint density at radius 1 is 0.549 bits per heavy atom. The Morgan fingerprint density at radius 2 is 1.07 bits per heavy atom. The Hall–Kier alpha value is -5.82. The molecule has 6 rings (SSSR count). The lowest BCUT2D eigenvalue weighted by Gasteiger charge is -2.47. The molecule has 17 heteroatoms. The molecule has 4 aromatic rings. The van der Waals surface area contributed by atoms with E-state index in [2.05, 4.69) is 20.2 Å². The van der Waals surface area contributed by atoms with Gasteiger partial charge in [-0.15, -0.1) is 0 Å². The average Bonchev–Trinajstić information content (AvgIpc) is 3.39. The van der Waals surface area contributed by atoms with Gasteiger partial charge in [0.2, 0.25) is 0 Å². The van der Waals surface area contributed by atoms with Crippen LogP contribution in [0.1, 0.15) is 93.4 Å². The van der Waals surface area contributed by atoms with Crippen LogP contribution >= 0.6 is 0 Å². The van der Waals surface area contributed by atoms with Crippen LogP contribution in [0, 0.1) is 0 Å². The molecule has 71 heavy (non-hydrogen) atoms. The van der Waals surface area contributed by atoms with Crippen LogP contribution < -0.4 is 33.2 Å². The number of nitrogens with zero attached hydrogens (tertiary/aromatic N) is 2. The maximum Gasteiger partial charge on any atom is 0.306 e. The molecule has 0 aliphatic carbocycles. The molecule has 2 aliphatic heterocycles. The van der Waals surface area contributed by atoms with Crippen LogP contribution in [0.25, 0.3) is 0 Å². The van der Waals surface area contributed by atoms with Gasteiger partial charge < -0.3 is 72.0 Å². The topological polar surface area (TPSA) is 198 Å². The number of hydrogen-bond donors (Lipinski definition) is 4. The quantitative estimate of drug-likeness (QED) is 0.0372. The van der Waals surface area contributed by atoms with E-state index in [4.69, 9.17) is 42.6 Å². The zero-order chi connectivity index (χ0) is 51.5. The van der Waals surface area contributed by atoms with Crippen LogP contribution in [-0.2, 0) is 64.8 Å². The molecular weight excluding hydrogens is 917 g/mol. The van der Waals surface area contributed by atoms with E-state index >= 15 is 0 Å². The van der Waals surface area contributed by atoms with Gasteiger partial charge in [0.25, 0.3) is 0 Å². The van der Waals surface area contributed by atoms with Crippen molar-refractivity contribution in [3.8, 4) is 40.2 Å². The maximum absolute atomic E-state index is 13.0. The smallest absolute Gasteiger partial charge is 0.306 e. The number of aliphatic hydroxyl groups is 4. The van der Waals surface area contributed by atoms with Crippen molar-refractivity contribution in [2.24, 2.45) is 0 Å². The number of carbonyl (C=O) groups is 2. The molecular formula is C54H74N2O15+2. The number of likely N-dealkylation sites (N-methyl/N-ethyl adjacent to an activating group) is 2. The van der Waals surface area contributed by atoms with Gasteiger partial charge in [-0.25, -0.2) is 0 Å². The first-order valence-corrected chi connectivity index (χ1v) is 24.1. The molecule has 0 saturated carbocycles. The summed E-state index contributed by atoms with van der Waals surface area (Å²) in [5, 5.41) is 41.3. The monoisotopic (exact) mass is 991 g/mol. The summed E-state index contributed by atoms with van der Waals surface area (Å²) in [5.74, 6) is 2.74. The summed E-state index contributed by atoms with van der Waals surface area (Å²) in [6, 6.07) is 13.3. The second-order valence-corrected chi connectivity index (χ2v) is 18.7. The zero-order valence-corrected chi connectivity index (χ0v) is 42.9. The highest BCUT2D eigenvalue weighted by atomic mass is 16.5. The first-order valence-electron chi connectivity index (χ1n) is 24.1. The Morgan fingerprint density at radius 3 is 1.62 bits per heavy atom. The third-order valence-corrected chi connectivity index (χ3v) is 14.5. The third-order valence-electron chi connectivity index (χ3n) is 14.5. The number of aliphatic hydroxyl groups excluding tert-OH is 4. The summed E-state index contributed by atoms with van der Waals surface area (Å²) < 4.78 is 52.4. The fraction of sp³-hybridized carbons (Fsp3) is 0.519. The highest BCUT2D eigenvalue weighted by molar-refractivity contribution is 5.77. The van der Waals surface area contributed by atoms with E-state index in [0.29, 0.717) is 117 Å². The van der Waals surface area contributed by atoms with Gasteiger partial charge in [-0.3, -0.25) is 9.59 Å². The minimum absolute atomic E-state index is 0.0260. The molecule has 0 aromatic heterocycles. The van der Waals surface area contributed by atoms with Crippen LogP contribution in [0.2, 0.25) is 0 Å². The number of fused-ring (bicyclic) bond motifs is 2. The summed E-state index contributed by atoms with van der Waals surface area (Å²) in [6.45, 7) is 2.00. The van der Waals surface area contributed by atoms with Gasteiger partial charge in [-0.05, 0) is 58.7 Å². The van der Waals surface area contributed by atoms with E-state index in [-0.39, 0.29) is 64.6 Å². The van der Waals surface area contributed by atoms with Crippen LogP contribution in [0.3, 0.4) is 0 Å². The average molecular weight is 991 g/mol. The number of methoxy groups -OCH3 is 7. The predicted octanol–water partition coefficient (Wildman–Crippen LogP) is 5.44. The Kier molecular flexibility index (Phi) is 18.8. The first kappa shape index (κ1) is 54.5. The summed E-state index contributed by atoms with van der Waals surface area (Å²) >= 11 is 0. The molecule has 17 nitrogen and oxygen atoms in total. The van der Waals surface area contributed by atoms with Crippen molar-refractivity contribution in [2.75, 3.05) is 103 Å². The highest BCUT2D eigenvalue weighted by Crippen LogP contribution is 2.49. The van der Waals surface area contributed by atoms with Crippen LogP contribution in [0.15, 0.2) is 42.5 Å². The number of hydrogen-bond acceptors (Lipinski definition) is 15. The molecule has 0 spiro atoms. The molecule has 0 fully saturated rings. The maximum atomic E-state index is 13.0. The molecule has 0 bridgehead atoms. The van der Waals surface area contributed by atoms with Crippen LogP contribution in [-0.4, -0.2) is 145 Å². The van der Waals surface area contributed by atoms with Crippen molar-refractivity contribution in [3.63, 3.8) is 0 Å². The fourth-order valence-electron chi connectivity index (χ4n) is 10.9. The minimum Gasteiger partial charge on any atom is -0.496 e. The van der Waals surface area contributed by atoms with Crippen molar-refractivity contribution in [1.82, 2.24) is 0 Å². The van der Waals surface area contributed by atoms with E-state index in [1.165, 1.54) is 12.7 Å². The molecule has 388 valence electrons. The van der Waals surface area contributed by atoms with E-state index in [1.54, 1.807) is 42.7 Å². The molecule has 2 heterocycles. The number of benzene rings is 4. The van der Waals surface area contributed by atoms with Crippen molar-refractivity contribution in [3.05, 3.63) is 98.1 Å². The second kappa shape index (κ2) is 24.5. The Labute approximate surface area is 417 Å². The SMILES string of the molecule is COc1cc2c(cc1OC)C(Cc1cc(CO)c(OC)c(OC)c1)[N+](C)(CCCOC(=O)CCC(=O)OCCC[N+]1(C)CCc3cc(CO)c(CO)c(OC)c3C1c1cc(CO)c(OC)c(OC)c1)CC2. The molecule has 4 aromatic carbocycles. The molecule has 0 radical (unpaired) electrons. The van der Waals surface area contributed by atoms with Gasteiger partial charge in [-0.2, -0.15) is 0 Å². The zero-order valence-electron chi connectivity index (χ0n) is 42.9. The number of carbonyl (C=O) groups excluding carboxylic acids is 2. The molecule has 4 N–H and O–H groups in total. The lowest BCUT2D eigenvalue weighted by molar-refractivity contribution is -0.941. The van der Waals surface area contributed by atoms with Crippen molar-refractivity contribution in [2.45, 2.75) is 83.5 Å². The standard InChI is InChI=1S/C54H74N2O15/c1-55(18-14-35-27-44(63-3)45(64-4)29-41(35)43(55)23-34-22-39(31-58)52(67-7)46(24-34)65-5)16-10-20-70-48(61)12-13-49(62)71-21-11-17-56(2)19-15-36-25-38(30-57)42(33-60)54(69-9)50(36)51(56)37-26-40(32-59)53(68-8)47(28-37)66-6/h22,24-29,43,51,57-60H,10-21,23,30-33H2,1-9H3/q+2. The second-order valence-electron chi connectivity index (χ2n) is 18.7. The highest BCUT2D eigenvalue weighted by Gasteiger charge is 2.44. The molecule has 2 aliphatic rings. The van der Waals surface area contributed by atoms with E-state index in [1.807, 2.05) is 36.4 Å². The normalized spacial score (nSPS) is 19.2. The lowest BCUT2D eigenvalue weighted by atomic mass is 9.82. The fourth-order valence-corrected chi connectivity index (χ4v) is 10.9. The largest absolute Gasteiger partial charge is 0.496 e. The number of esters is 2. The van der Waals surface area contributed by atoms with Crippen molar-refractivity contribution in [1.29, 1.82) is 0 Å². The molecule has 0 saturated heterocycles. The third kappa shape index (κ3) is 11.8. The molecule has 4 unspecified atom stereocenters. The minimum atomic E-state index is -0.497. The predicted molar refractivity (Wildman–Crippen MR) is 263 cm³/mol. The van der Waals surface area contributed by atoms with E-state index in [0.717, 1.165) is 40.8 Å². The summed E-state index contributed by atoms with van der Waals surface area (Å²) in [4.78, 5) is 26.0. The van der Waals surface area contributed by atoms with Gasteiger partial charge in [-0.1, -0.05) is 6.07 Å². The molecule has 4 atom stereocenters. The Bertz CT molecular complexity index is 2450. The summed E-state index contributed by atoms with van der Waals surface area (Å²) in [7, 11) is 15.3. The number of ether oxygens (including phenoxy) is 9. The van der Waals surface area contributed by atoms with Gasteiger partial charge >= 0.3 is 11.9 Å². The first-order chi connectivity index (χ1) is 34.2. The summed E-state index contributed by atoms with van der Waals surface area (Å²) in [5.41, 5.74) is 8.22. The van der Waals surface area contributed by atoms with Crippen molar-refractivity contribution < 1.29 is 81.6 Å². The summed E-state index contributed by atoms with van der Waals surface area (Å²) in [6.07, 6.45) is 2.93. The lowest BCUT2D eigenvalue weighted by Crippen LogP contribution is -2.52. The van der Waals surface area contributed by atoms with E-state index in [9.17, 15) is 30.0 Å². The number of rotatable bonds is 25.